The summed E-state index contributed by atoms with van der Waals surface area (Å²) >= 11 is 7.24. The van der Waals surface area contributed by atoms with Crippen LogP contribution in [0.5, 0.6) is 0 Å². The maximum absolute atomic E-state index is 11.5. The van der Waals surface area contributed by atoms with Crippen LogP contribution in [0.1, 0.15) is 11.4 Å². The highest BCUT2D eigenvalue weighted by molar-refractivity contribution is 7.88. The summed E-state index contributed by atoms with van der Waals surface area (Å²) in [6.45, 7) is 2.27. The van der Waals surface area contributed by atoms with E-state index in [2.05, 4.69) is 14.3 Å². The molecule has 0 spiro atoms. The molecule has 1 aromatic carbocycles. The molecule has 0 amide bonds. The Labute approximate surface area is 144 Å². The van der Waals surface area contributed by atoms with Gasteiger partial charge < -0.3 is 4.90 Å². The second-order valence-electron chi connectivity index (χ2n) is 5.45. The lowest BCUT2D eigenvalue weighted by Crippen LogP contribution is -2.48. The van der Waals surface area contributed by atoms with E-state index in [-0.39, 0.29) is 0 Å². The number of aromatic nitrogens is 2. The molecule has 0 radical (unpaired) electrons. The van der Waals surface area contributed by atoms with Crippen LogP contribution >= 0.6 is 23.1 Å². The molecule has 2 heterocycles. The third-order valence-electron chi connectivity index (χ3n) is 3.71. The van der Waals surface area contributed by atoms with Gasteiger partial charge in [0.1, 0.15) is 5.82 Å². The highest BCUT2D eigenvalue weighted by atomic mass is 35.5. The first-order chi connectivity index (χ1) is 10.9. The maximum Gasteiger partial charge on any atom is 0.211 e. The molecule has 0 atom stereocenters. The molecule has 9 heteroatoms. The summed E-state index contributed by atoms with van der Waals surface area (Å²) < 4.78 is 29.0. The smallest absolute Gasteiger partial charge is 0.211 e. The standard InChI is InChI=1S/C14H17ClN4O2S2/c1-23(20,21)19-8-6-18(7-9-19)14-16-13(17-22-14)10-11-2-4-12(15)5-3-11/h2-5H,6-10H2,1H3. The van der Waals surface area contributed by atoms with Gasteiger partial charge in [-0.1, -0.05) is 23.7 Å². The van der Waals surface area contributed by atoms with Gasteiger partial charge in [-0.25, -0.2) is 13.4 Å². The predicted molar refractivity (Wildman–Crippen MR) is 92.8 cm³/mol. The van der Waals surface area contributed by atoms with Gasteiger partial charge in [0.05, 0.1) is 6.26 Å². The Morgan fingerprint density at radius 1 is 1.17 bits per heavy atom. The van der Waals surface area contributed by atoms with Gasteiger partial charge in [-0.15, -0.1) is 0 Å². The van der Waals surface area contributed by atoms with Crippen molar-refractivity contribution >= 4 is 38.3 Å². The Balaban J connectivity index is 1.63. The third kappa shape index (κ3) is 4.20. The minimum absolute atomic E-state index is 0.491. The van der Waals surface area contributed by atoms with Crippen molar-refractivity contribution in [2.75, 3.05) is 37.3 Å². The highest BCUT2D eigenvalue weighted by Crippen LogP contribution is 2.21. The Morgan fingerprint density at radius 3 is 2.43 bits per heavy atom. The lowest BCUT2D eigenvalue weighted by Gasteiger charge is -2.32. The van der Waals surface area contributed by atoms with Gasteiger partial charge in [-0.3, -0.25) is 0 Å². The van der Waals surface area contributed by atoms with Gasteiger partial charge in [-0.2, -0.15) is 8.68 Å². The summed E-state index contributed by atoms with van der Waals surface area (Å²) in [5.41, 5.74) is 1.11. The fraction of sp³-hybridized carbons (Fsp3) is 0.429. The van der Waals surface area contributed by atoms with Crippen molar-refractivity contribution < 1.29 is 8.42 Å². The number of anilines is 1. The zero-order valence-electron chi connectivity index (χ0n) is 12.6. The van der Waals surface area contributed by atoms with Crippen LogP contribution in [0.2, 0.25) is 5.02 Å². The molecule has 1 fully saturated rings. The van der Waals surface area contributed by atoms with Gasteiger partial charge in [0, 0.05) is 49.2 Å². The number of nitrogens with zero attached hydrogens (tertiary/aromatic N) is 4. The van der Waals surface area contributed by atoms with Gasteiger partial charge in [0.25, 0.3) is 0 Å². The van der Waals surface area contributed by atoms with Crippen LogP contribution in [0.4, 0.5) is 5.13 Å². The molecule has 1 aromatic heterocycles. The van der Waals surface area contributed by atoms with E-state index >= 15 is 0 Å². The van der Waals surface area contributed by atoms with E-state index in [1.54, 1.807) is 0 Å². The van der Waals surface area contributed by atoms with E-state index in [1.807, 2.05) is 24.3 Å². The van der Waals surface area contributed by atoms with Crippen LogP contribution in [-0.2, 0) is 16.4 Å². The first-order valence-electron chi connectivity index (χ1n) is 7.19. The largest absolute Gasteiger partial charge is 0.344 e. The molecule has 6 nitrogen and oxygen atoms in total. The first-order valence-corrected chi connectivity index (χ1v) is 10.2. The van der Waals surface area contributed by atoms with E-state index in [4.69, 9.17) is 11.6 Å². The predicted octanol–water partition coefficient (Wildman–Crippen LogP) is 1.86. The number of benzene rings is 1. The van der Waals surface area contributed by atoms with Gasteiger partial charge in [-0.05, 0) is 17.7 Å². The van der Waals surface area contributed by atoms with Gasteiger partial charge >= 0.3 is 0 Å². The summed E-state index contributed by atoms with van der Waals surface area (Å²) in [4.78, 5) is 6.66. The molecule has 0 bridgehead atoms. The molecule has 1 aliphatic rings. The lowest BCUT2D eigenvalue weighted by molar-refractivity contribution is 0.388. The summed E-state index contributed by atoms with van der Waals surface area (Å²) in [5.74, 6) is 0.776. The quantitative estimate of drug-likeness (QED) is 0.819. The molecular formula is C14H17ClN4O2S2. The van der Waals surface area contributed by atoms with Crippen molar-refractivity contribution in [2.45, 2.75) is 6.42 Å². The molecule has 0 unspecified atom stereocenters. The Morgan fingerprint density at radius 2 is 1.83 bits per heavy atom. The number of hydrogen-bond acceptors (Lipinski definition) is 6. The number of halogens is 1. The number of sulfonamides is 1. The molecular weight excluding hydrogens is 356 g/mol. The van der Waals surface area contributed by atoms with Crippen LogP contribution in [0.15, 0.2) is 24.3 Å². The van der Waals surface area contributed by atoms with Crippen molar-refractivity contribution in [2.24, 2.45) is 0 Å². The van der Waals surface area contributed by atoms with Crippen LogP contribution in [0.25, 0.3) is 0 Å². The Hall–Kier alpha value is -1.22. The molecule has 1 aliphatic heterocycles. The van der Waals surface area contributed by atoms with Gasteiger partial charge in [0.2, 0.25) is 15.2 Å². The minimum atomic E-state index is -3.11. The van der Waals surface area contributed by atoms with Crippen molar-refractivity contribution in [1.82, 2.24) is 13.7 Å². The minimum Gasteiger partial charge on any atom is -0.344 e. The second kappa shape index (κ2) is 6.72. The first kappa shape index (κ1) is 16.6. The molecule has 0 aliphatic carbocycles. The number of rotatable bonds is 4. The van der Waals surface area contributed by atoms with Crippen molar-refractivity contribution in [3.8, 4) is 0 Å². The van der Waals surface area contributed by atoms with E-state index in [9.17, 15) is 8.42 Å². The van der Waals surface area contributed by atoms with Crippen molar-refractivity contribution in [3.05, 3.63) is 40.7 Å². The van der Waals surface area contributed by atoms with Crippen LogP contribution in [0.3, 0.4) is 0 Å². The van der Waals surface area contributed by atoms with E-state index < -0.39 is 10.0 Å². The van der Waals surface area contributed by atoms with Crippen molar-refractivity contribution in [1.29, 1.82) is 0 Å². The van der Waals surface area contributed by atoms with E-state index in [1.165, 1.54) is 22.1 Å². The number of hydrogen-bond donors (Lipinski definition) is 0. The topological polar surface area (TPSA) is 66.4 Å². The average Bonchev–Trinajstić information content (AvgIpc) is 2.97. The fourth-order valence-corrected chi connectivity index (χ4v) is 4.13. The SMILES string of the molecule is CS(=O)(=O)N1CCN(c2nc(Cc3ccc(Cl)cc3)ns2)CC1. The Bertz CT molecular complexity index is 768. The molecule has 0 N–H and O–H groups in total. The van der Waals surface area contributed by atoms with E-state index in [0.29, 0.717) is 37.6 Å². The zero-order valence-corrected chi connectivity index (χ0v) is 15.0. The molecule has 1 saturated heterocycles. The molecule has 124 valence electrons. The molecule has 2 aromatic rings. The highest BCUT2D eigenvalue weighted by Gasteiger charge is 2.25. The number of piperazine rings is 1. The summed E-state index contributed by atoms with van der Waals surface area (Å²) in [5, 5.41) is 1.56. The molecule has 23 heavy (non-hydrogen) atoms. The van der Waals surface area contributed by atoms with E-state index in [0.717, 1.165) is 16.5 Å². The van der Waals surface area contributed by atoms with Crippen LogP contribution in [0, 0.1) is 0 Å². The maximum atomic E-state index is 11.5. The molecule has 0 saturated carbocycles. The Kier molecular flexibility index (Phi) is 4.86. The normalized spacial score (nSPS) is 16.7. The lowest BCUT2D eigenvalue weighted by atomic mass is 10.1. The summed E-state index contributed by atoms with van der Waals surface area (Å²) in [6, 6.07) is 7.64. The second-order valence-corrected chi connectivity index (χ2v) is 8.59. The van der Waals surface area contributed by atoms with Gasteiger partial charge in [0.15, 0.2) is 0 Å². The monoisotopic (exact) mass is 372 g/mol. The summed E-state index contributed by atoms with van der Waals surface area (Å²) in [6.07, 6.45) is 1.91. The van der Waals surface area contributed by atoms with Crippen molar-refractivity contribution in [3.63, 3.8) is 0 Å². The third-order valence-corrected chi connectivity index (χ3v) is 6.08. The fourth-order valence-electron chi connectivity index (χ4n) is 2.44. The molecule has 3 rings (SSSR count). The van der Waals surface area contributed by atoms with Crippen LogP contribution in [-0.4, -0.2) is 54.5 Å². The zero-order chi connectivity index (χ0) is 16.4. The summed E-state index contributed by atoms with van der Waals surface area (Å²) in [7, 11) is -3.11. The average molecular weight is 373 g/mol. The van der Waals surface area contributed by atoms with Crippen LogP contribution < -0.4 is 4.90 Å².